The van der Waals surface area contributed by atoms with Crippen LogP contribution in [0.3, 0.4) is 0 Å². The van der Waals surface area contributed by atoms with Crippen molar-refractivity contribution in [2.45, 2.75) is 64.8 Å². The second-order valence-electron chi connectivity index (χ2n) is 7.46. The molecule has 0 aliphatic carbocycles. The molecule has 4 nitrogen and oxygen atoms in total. The highest BCUT2D eigenvalue weighted by Gasteiger charge is 2.28. The number of piperidine rings is 2. The van der Waals surface area contributed by atoms with Gasteiger partial charge in [-0.15, -0.1) is 0 Å². The van der Waals surface area contributed by atoms with E-state index in [2.05, 4.69) is 9.80 Å². The van der Waals surface area contributed by atoms with Gasteiger partial charge in [0, 0.05) is 6.04 Å². The van der Waals surface area contributed by atoms with Gasteiger partial charge in [-0.05, 0) is 85.1 Å². The van der Waals surface area contributed by atoms with E-state index in [-0.39, 0.29) is 0 Å². The van der Waals surface area contributed by atoms with Gasteiger partial charge in [0.25, 0.3) is 0 Å². The third kappa shape index (κ3) is 4.96. The van der Waals surface area contributed by atoms with Gasteiger partial charge >= 0.3 is 5.97 Å². The molecule has 0 radical (unpaired) electrons. The van der Waals surface area contributed by atoms with E-state index in [1.165, 1.54) is 58.3 Å². The van der Waals surface area contributed by atoms with Crippen LogP contribution in [0, 0.1) is 5.41 Å². The van der Waals surface area contributed by atoms with Crippen molar-refractivity contribution >= 4 is 5.97 Å². The molecule has 0 aromatic rings. The van der Waals surface area contributed by atoms with E-state index in [0.29, 0.717) is 0 Å². The molecule has 0 bridgehead atoms. The van der Waals surface area contributed by atoms with Crippen molar-refractivity contribution in [3.05, 3.63) is 0 Å². The summed E-state index contributed by atoms with van der Waals surface area (Å²) in [7, 11) is 0. The molecule has 0 unspecified atom stereocenters. The number of aliphatic carboxylic acids is 1. The molecule has 0 aromatic carbocycles. The van der Waals surface area contributed by atoms with Gasteiger partial charge in [0.15, 0.2) is 0 Å². The lowest BCUT2D eigenvalue weighted by atomic mass is 9.88. The molecule has 1 N–H and O–H groups in total. The van der Waals surface area contributed by atoms with Crippen molar-refractivity contribution in [1.82, 2.24) is 9.80 Å². The quantitative estimate of drug-likeness (QED) is 0.818. The summed E-state index contributed by atoms with van der Waals surface area (Å²) >= 11 is 0. The predicted molar refractivity (Wildman–Crippen MR) is 85.5 cm³/mol. The first-order valence-corrected chi connectivity index (χ1v) is 8.69. The summed E-state index contributed by atoms with van der Waals surface area (Å²) in [6.07, 6.45) is 8.52. The zero-order valence-electron chi connectivity index (χ0n) is 13.8. The van der Waals surface area contributed by atoms with Crippen LogP contribution in [0.2, 0.25) is 0 Å². The summed E-state index contributed by atoms with van der Waals surface area (Å²) in [4.78, 5) is 16.3. The van der Waals surface area contributed by atoms with Gasteiger partial charge in [0.2, 0.25) is 0 Å². The number of carbonyl (C=O) groups is 1. The smallest absolute Gasteiger partial charge is 0.309 e. The molecule has 2 heterocycles. The first-order chi connectivity index (χ1) is 9.99. The van der Waals surface area contributed by atoms with Gasteiger partial charge in [-0.2, -0.15) is 0 Å². The molecule has 0 atom stereocenters. The fourth-order valence-electron chi connectivity index (χ4n) is 3.64. The number of nitrogens with zero attached hydrogens (tertiary/aromatic N) is 2. The number of carboxylic acid groups (broad SMARTS) is 1. The summed E-state index contributed by atoms with van der Waals surface area (Å²) < 4.78 is 0. The Morgan fingerprint density at radius 1 is 1.10 bits per heavy atom. The third-order valence-electron chi connectivity index (χ3n) is 5.32. The second-order valence-corrected chi connectivity index (χ2v) is 7.46. The van der Waals surface area contributed by atoms with Gasteiger partial charge in [-0.1, -0.05) is 6.42 Å². The molecule has 0 saturated carbocycles. The number of likely N-dealkylation sites (tertiary alicyclic amines) is 2. The number of carboxylic acids is 1. The van der Waals surface area contributed by atoms with E-state index in [1.54, 1.807) is 0 Å². The number of hydrogen-bond acceptors (Lipinski definition) is 3. The van der Waals surface area contributed by atoms with Crippen LogP contribution >= 0.6 is 0 Å². The van der Waals surface area contributed by atoms with Crippen LogP contribution in [0.15, 0.2) is 0 Å². The van der Waals surface area contributed by atoms with E-state index in [9.17, 15) is 4.79 Å². The van der Waals surface area contributed by atoms with Crippen LogP contribution in [0.1, 0.15) is 58.8 Å². The maximum Gasteiger partial charge on any atom is 0.309 e. The fraction of sp³-hybridized carbons (Fsp3) is 0.941. The topological polar surface area (TPSA) is 43.8 Å². The minimum Gasteiger partial charge on any atom is -0.481 e. The Bertz CT molecular complexity index is 330. The van der Waals surface area contributed by atoms with Crippen LogP contribution < -0.4 is 0 Å². The molecule has 2 aliphatic heterocycles. The first kappa shape index (κ1) is 16.8. The normalized spacial score (nSPS) is 23.3. The van der Waals surface area contributed by atoms with Crippen molar-refractivity contribution in [3.8, 4) is 0 Å². The second kappa shape index (κ2) is 7.59. The Morgan fingerprint density at radius 3 is 2.29 bits per heavy atom. The van der Waals surface area contributed by atoms with Crippen molar-refractivity contribution in [2.75, 3.05) is 32.7 Å². The van der Waals surface area contributed by atoms with Gasteiger partial charge in [-0.3, -0.25) is 4.79 Å². The minimum absolute atomic E-state index is 0.577. The van der Waals surface area contributed by atoms with Crippen molar-refractivity contribution < 1.29 is 9.90 Å². The Balaban J connectivity index is 1.64. The van der Waals surface area contributed by atoms with Crippen molar-refractivity contribution in [2.24, 2.45) is 5.41 Å². The lowest BCUT2D eigenvalue weighted by molar-refractivity contribution is -0.147. The Hall–Kier alpha value is -0.610. The average molecular weight is 296 g/mol. The number of rotatable bonds is 6. The highest BCUT2D eigenvalue weighted by Crippen LogP contribution is 2.24. The average Bonchev–Trinajstić information content (AvgIpc) is 2.48. The molecule has 0 amide bonds. The Morgan fingerprint density at radius 2 is 1.71 bits per heavy atom. The maximum atomic E-state index is 11.1. The summed E-state index contributed by atoms with van der Waals surface area (Å²) in [5.74, 6) is -0.675. The van der Waals surface area contributed by atoms with Crippen molar-refractivity contribution in [1.29, 1.82) is 0 Å². The molecule has 0 aromatic heterocycles. The number of hydrogen-bond donors (Lipinski definition) is 1. The molecular formula is C17H32N2O2. The monoisotopic (exact) mass is 296 g/mol. The molecule has 4 heteroatoms. The van der Waals surface area contributed by atoms with Crippen LogP contribution in [0.5, 0.6) is 0 Å². The lowest BCUT2D eigenvalue weighted by Crippen LogP contribution is -2.46. The molecule has 2 rings (SSSR count). The van der Waals surface area contributed by atoms with E-state index < -0.39 is 11.4 Å². The zero-order chi connectivity index (χ0) is 15.3. The molecular weight excluding hydrogens is 264 g/mol. The molecule has 2 saturated heterocycles. The van der Waals surface area contributed by atoms with Gasteiger partial charge < -0.3 is 14.9 Å². The van der Waals surface area contributed by atoms with Gasteiger partial charge in [0.1, 0.15) is 0 Å². The van der Waals surface area contributed by atoms with Gasteiger partial charge in [0.05, 0.1) is 5.41 Å². The van der Waals surface area contributed by atoms with E-state index in [4.69, 9.17) is 5.11 Å². The van der Waals surface area contributed by atoms with Crippen LogP contribution in [-0.2, 0) is 4.79 Å². The highest BCUT2D eigenvalue weighted by molar-refractivity contribution is 5.73. The fourth-order valence-corrected chi connectivity index (χ4v) is 3.64. The maximum absolute atomic E-state index is 11.1. The van der Waals surface area contributed by atoms with E-state index in [0.717, 1.165) is 25.4 Å². The van der Waals surface area contributed by atoms with Crippen LogP contribution in [0.4, 0.5) is 0 Å². The molecule has 2 fully saturated rings. The summed E-state index contributed by atoms with van der Waals surface area (Å²) in [5, 5.41) is 9.14. The minimum atomic E-state index is -0.675. The Labute approximate surface area is 129 Å². The molecule has 122 valence electrons. The summed E-state index contributed by atoms with van der Waals surface area (Å²) in [6.45, 7) is 9.71. The third-order valence-corrected chi connectivity index (χ3v) is 5.32. The largest absolute Gasteiger partial charge is 0.481 e. The Kier molecular flexibility index (Phi) is 6.06. The van der Waals surface area contributed by atoms with Gasteiger partial charge in [-0.25, -0.2) is 0 Å². The first-order valence-electron chi connectivity index (χ1n) is 8.69. The zero-order valence-corrected chi connectivity index (χ0v) is 13.8. The summed E-state index contributed by atoms with van der Waals surface area (Å²) in [5.41, 5.74) is -0.577. The molecule has 2 aliphatic rings. The predicted octanol–water partition coefficient (Wildman–Crippen LogP) is 2.83. The SMILES string of the molecule is CC(C)(CCCN1CCC(N2CCCCC2)CC1)C(=O)O. The molecule has 0 spiro atoms. The van der Waals surface area contributed by atoms with Crippen molar-refractivity contribution in [3.63, 3.8) is 0 Å². The highest BCUT2D eigenvalue weighted by atomic mass is 16.4. The van der Waals surface area contributed by atoms with Crippen LogP contribution in [0.25, 0.3) is 0 Å². The van der Waals surface area contributed by atoms with E-state index >= 15 is 0 Å². The lowest BCUT2D eigenvalue weighted by Gasteiger charge is -2.40. The molecule has 21 heavy (non-hydrogen) atoms. The standard InChI is InChI=1S/C17H32N2O2/c1-17(2,16(20)21)9-6-10-18-13-7-15(8-14-18)19-11-4-3-5-12-19/h15H,3-14H2,1-2H3,(H,20,21). The van der Waals surface area contributed by atoms with E-state index in [1.807, 2.05) is 13.8 Å². The van der Waals surface area contributed by atoms with Crippen LogP contribution in [-0.4, -0.2) is 59.6 Å². The summed E-state index contributed by atoms with van der Waals surface area (Å²) in [6, 6.07) is 0.803.